The fourth-order valence-corrected chi connectivity index (χ4v) is 4.21. The minimum Gasteiger partial charge on any atom is -0.383 e. The van der Waals surface area contributed by atoms with Crippen LogP contribution in [0, 0.1) is 0 Å². The van der Waals surface area contributed by atoms with Crippen molar-refractivity contribution in [3.8, 4) is 0 Å². The summed E-state index contributed by atoms with van der Waals surface area (Å²) < 4.78 is 5.07. The Balaban J connectivity index is 1.67. The Morgan fingerprint density at radius 3 is 2.84 bits per heavy atom. The highest BCUT2D eigenvalue weighted by Gasteiger charge is 2.53. The minimum absolute atomic E-state index is 0.0127. The van der Waals surface area contributed by atoms with Crippen molar-refractivity contribution < 1.29 is 14.3 Å². The smallest absolute Gasteiger partial charge is 0.240 e. The highest BCUT2D eigenvalue weighted by molar-refractivity contribution is 6.09. The number of carbonyl (C=O) groups excluding carboxylic acids is 2. The molecule has 1 spiro atoms. The zero-order chi connectivity index (χ0) is 17.9. The van der Waals surface area contributed by atoms with Gasteiger partial charge in [0.05, 0.1) is 12.0 Å². The van der Waals surface area contributed by atoms with Gasteiger partial charge in [0.15, 0.2) is 0 Å². The van der Waals surface area contributed by atoms with Gasteiger partial charge in [-0.05, 0) is 50.4 Å². The first-order chi connectivity index (χ1) is 12.1. The number of methoxy groups -OCH3 is 1. The lowest BCUT2D eigenvalue weighted by Crippen LogP contribution is -2.41. The van der Waals surface area contributed by atoms with Crippen LogP contribution in [-0.2, 0) is 26.2 Å². The molecule has 1 atom stereocenters. The van der Waals surface area contributed by atoms with Gasteiger partial charge in [-0.2, -0.15) is 0 Å². The summed E-state index contributed by atoms with van der Waals surface area (Å²) in [5.74, 6) is 0.00504. The molecule has 25 heavy (non-hydrogen) atoms. The summed E-state index contributed by atoms with van der Waals surface area (Å²) >= 11 is 0. The normalized spacial score (nSPS) is 22.9. The van der Waals surface area contributed by atoms with E-state index in [1.807, 2.05) is 25.2 Å². The standard InChI is InChI=1S/C20H28N2O3/c1-21(13-14-25-2)11-6-12-22-18(23)15-20(19(22)24)10-5-8-16-7-3-4-9-17(16)20/h3-4,7,9H,5-6,8,10-15H2,1-2H3. The second-order valence-corrected chi connectivity index (χ2v) is 7.27. The lowest BCUT2D eigenvalue weighted by molar-refractivity contribution is -0.140. The maximum atomic E-state index is 13.2. The van der Waals surface area contributed by atoms with Crippen LogP contribution in [-0.4, -0.2) is 62.0 Å². The SMILES string of the molecule is COCCN(C)CCCN1C(=O)CC2(CCCc3ccccc32)C1=O. The molecule has 1 saturated heterocycles. The lowest BCUT2D eigenvalue weighted by atomic mass is 9.69. The number of amides is 2. The van der Waals surface area contributed by atoms with Crippen LogP contribution in [0.5, 0.6) is 0 Å². The van der Waals surface area contributed by atoms with Gasteiger partial charge in [-0.15, -0.1) is 0 Å². The van der Waals surface area contributed by atoms with Gasteiger partial charge in [0, 0.05) is 26.6 Å². The molecule has 1 fully saturated rings. The number of fused-ring (bicyclic) bond motifs is 2. The molecule has 1 unspecified atom stereocenters. The Morgan fingerprint density at radius 1 is 1.24 bits per heavy atom. The van der Waals surface area contributed by atoms with Crippen molar-refractivity contribution >= 4 is 11.8 Å². The second kappa shape index (κ2) is 7.67. The summed E-state index contributed by atoms with van der Waals surface area (Å²) in [6, 6.07) is 8.15. The predicted molar refractivity (Wildman–Crippen MR) is 96.4 cm³/mol. The van der Waals surface area contributed by atoms with Crippen LogP contribution in [0.1, 0.15) is 36.8 Å². The predicted octanol–water partition coefficient (Wildman–Crippen LogP) is 1.99. The van der Waals surface area contributed by atoms with E-state index < -0.39 is 5.41 Å². The van der Waals surface area contributed by atoms with E-state index in [9.17, 15) is 9.59 Å². The minimum atomic E-state index is -0.603. The van der Waals surface area contributed by atoms with Crippen LogP contribution >= 0.6 is 0 Å². The largest absolute Gasteiger partial charge is 0.383 e. The first kappa shape index (κ1) is 18.1. The monoisotopic (exact) mass is 344 g/mol. The molecule has 3 rings (SSSR count). The number of likely N-dealkylation sites (N-methyl/N-ethyl adjacent to an activating group) is 1. The molecule has 5 nitrogen and oxygen atoms in total. The molecule has 1 aromatic rings. The third kappa shape index (κ3) is 3.48. The molecule has 2 amide bonds. The number of aryl methyl sites for hydroxylation is 1. The Hall–Kier alpha value is -1.72. The number of carbonyl (C=O) groups is 2. The van der Waals surface area contributed by atoms with Crippen LogP contribution < -0.4 is 0 Å². The Kier molecular flexibility index (Phi) is 5.54. The first-order valence-electron chi connectivity index (χ1n) is 9.19. The van der Waals surface area contributed by atoms with E-state index in [4.69, 9.17) is 4.74 Å². The number of rotatable bonds is 7. The number of ether oxygens (including phenoxy) is 1. The zero-order valence-corrected chi connectivity index (χ0v) is 15.3. The molecule has 5 heteroatoms. The van der Waals surface area contributed by atoms with Crippen LogP contribution in [0.4, 0.5) is 0 Å². The quantitative estimate of drug-likeness (QED) is 0.710. The highest BCUT2D eigenvalue weighted by atomic mass is 16.5. The average Bonchev–Trinajstić information content (AvgIpc) is 2.85. The van der Waals surface area contributed by atoms with E-state index >= 15 is 0 Å². The molecule has 136 valence electrons. The number of benzene rings is 1. The van der Waals surface area contributed by atoms with Gasteiger partial charge in [-0.1, -0.05) is 24.3 Å². The molecule has 0 radical (unpaired) electrons. The maximum absolute atomic E-state index is 13.2. The molecule has 1 aromatic carbocycles. The van der Waals surface area contributed by atoms with Gasteiger partial charge in [0.1, 0.15) is 0 Å². The lowest BCUT2D eigenvalue weighted by Gasteiger charge is -2.33. The first-order valence-corrected chi connectivity index (χ1v) is 9.19. The average molecular weight is 344 g/mol. The molecular formula is C20H28N2O3. The number of hydrogen-bond acceptors (Lipinski definition) is 4. The number of hydrogen-bond donors (Lipinski definition) is 0. The van der Waals surface area contributed by atoms with Crippen molar-refractivity contribution in [1.82, 2.24) is 9.80 Å². The van der Waals surface area contributed by atoms with E-state index in [0.717, 1.165) is 44.3 Å². The summed E-state index contributed by atoms with van der Waals surface area (Å²) in [7, 11) is 3.72. The number of imide groups is 1. The fraction of sp³-hybridized carbons (Fsp3) is 0.600. The van der Waals surface area contributed by atoms with Crippen LogP contribution in [0.2, 0.25) is 0 Å². The summed E-state index contributed by atoms with van der Waals surface area (Å²) in [5, 5.41) is 0. The van der Waals surface area contributed by atoms with E-state index in [0.29, 0.717) is 19.6 Å². The van der Waals surface area contributed by atoms with Crippen molar-refractivity contribution in [2.75, 3.05) is 40.4 Å². The number of likely N-dealkylation sites (tertiary alicyclic amines) is 1. The molecule has 2 aliphatic rings. The molecule has 0 aromatic heterocycles. The Labute approximate surface area is 149 Å². The van der Waals surface area contributed by atoms with Gasteiger partial charge in [0.25, 0.3) is 0 Å². The van der Waals surface area contributed by atoms with Gasteiger partial charge < -0.3 is 9.64 Å². The van der Waals surface area contributed by atoms with Crippen molar-refractivity contribution in [1.29, 1.82) is 0 Å². The van der Waals surface area contributed by atoms with Crippen LogP contribution in [0.15, 0.2) is 24.3 Å². The van der Waals surface area contributed by atoms with Crippen molar-refractivity contribution in [3.63, 3.8) is 0 Å². The molecule has 1 aliphatic heterocycles. The topological polar surface area (TPSA) is 49.9 Å². The summed E-state index contributed by atoms with van der Waals surface area (Å²) in [4.78, 5) is 29.4. The molecule has 1 aliphatic carbocycles. The molecule has 0 N–H and O–H groups in total. The van der Waals surface area contributed by atoms with Gasteiger partial charge in [0.2, 0.25) is 11.8 Å². The van der Waals surface area contributed by atoms with Crippen molar-refractivity contribution in [2.45, 2.75) is 37.5 Å². The van der Waals surface area contributed by atoms with Crippen LogP contribution in [0.25, 0.3) is 0 Å². The van der Waals surface area contributed by atoms with E-state index in [-0.39, 0.29) is 11.8 Å². The van der Waals surface area contributed by atoms with E-state index in [1.165, 1.54) is 10.5 Å². The number of nitrogens with zero attached hydrogens (tertiary/aromatic N) is 2. The molecule has 1 heterocycles. The van der Waals surface area contributed by atoms with Crippen molar-refractivity contribution in [3.05, 3.63) is 35.4 Å². The fourth-order valence-electron chi connectivity index (χ4n) is 4.21. The van der Waals surface area contributed by atoms with Crippen LogP contribution in [0.3, 0.4) is 0 Å². The Bertz CT molecular complexity index is 646. The summed E-state index contributed by atoms with van der Waals surface area (Å²) in [6.45, 7) is 2.91. The summed E-state index contributed by atoms with van der Waals surface area (Å²) in [5.41, 5.74) is 1.71. The van der Waals surface area contributed by atoms with Crippen molar-refractivity contribution in [2.24, 2.45) is 0 Å². The summed E-state index contributed by atoms with van der Waals surface area (Å²) in [6.07, 6.45) is 3.91. The van der Waals surface area contributed by atoms with E-state index in [1.54, 1.807) is 7.11 Å². The maximum Gasteiger partial charge on any atom is 0.240 e. The highest BCUT2D eigenvalue weighted by Crippen LogP contribution is 2.45. The second-order valence-electron chi connectivity index (χ2n) is 7.27. The molecule has 0 bridgehead atoms. The molecule has 0 saturated carbocycles. The third-order valence-corrected chi connectivity index (χ3v) is 5.59. The van der Waals surface area contributed by atoms with Gasteiger partial charge in [-0.3, -0.25) is 14.5 Å². The zero-order valence-electron chi connectivity index (χ0n) is 15.3. The molecular weight excluding hydrogens is 316 g/mol. The van der Waals surface area contributed by atoms with Gasteiger partial charge >= 0.3 is 0 Å². The Morgan fingerprint density at radius 2 is 2.04 bits per heavy atom. The third-order valence-electron chi connectivity index (χ3n) is 5.59. The van der Waals surface area contributed by atoms with E-state index in [2.05, 4.69) is 11.0 Å². The van der Waals surface area contributed by atoms with Gasteiger partial charge in [-0.25, -0.2) is 0 Å².